The van der Waals surface area contributed by atoms with E-state index in [1.54, 1.807) is 6.92 Å². The molecule has 0 aromatic rings. The van der Waals surface area contributed by atoms with E-state index in [1.165, 1.54) is 0 Å². The second-order valence-electron chi connectivity index (χ2n) is 14.8. The Morgan fingerprint density at radius 1 is 0.647 bits per heavy atom. The highest BCUT2D eigenvalue weighted by molar-refractivity contribution is 5.77. The molecule has 34 heavy (non-hydrogen) atoms. The molecule has 0 rings (SSSR count). The number of rotatable bonds is 16. The molecule has 0 aliphatic rings. The minimum absolute atomic E-state index is 0.0517. The first-order chi connectivity index (χ1) is 14.9. The van der Waals surface area contributed by atoms with Crippen molar-refractivity contribution in [2.45, 2.75) is 140 Å². The van der Waals surface area contributed by atoms with E-state index in [4.69, 9.17) is 9.47 Å². The molecule has 1 N–H and O–H groups in total. The lowest BCUT2D eigenvalue weighted by atomic mass is 9.71. The molecule has 0 aliphatic carbocycles. The monoisotopic (exact) mass is 483 g/mol. The van der Waals surface area contributed by atoms with Gasteiger partial charge in [0.15, 0.2) is 5.79 Å². The SMILES string of the molecule is CCC(C)(C)COC(C)(C)OCC(C)(C)CC(C)(C)NC(=O)CC(C)(C)CC(C)(C)CC(C)=O. The van der Waals surface area contributed by atoms with Crippen LogP contribution in [-0.2, 0) is 19.1 Å². The molecule has 0 atom stereocenters. The third-order valence-corrected chi connectivity index (χ3v) is 6.30. The molecule has 5 heteroatoms. The number of carbonyl (C=O) groups excluding carboxylic acids is 2. The molecular formula is C29H57NO4. The number of nitrogens with one attached hydrogen (secondary N) is 1. The number of amides is 1. The van der Waals surface area contributed by atoms with Gasteiger partial charge in [-0.2, -0.15) is 0 Å². The van der Waals surface area contributed by atoms with Crippen molar-refractivity contribution >= 4 is 11.7 Å². The van der Waals surface area contributed by atoms with E-state index in [1.807, 2.05) is 13.8 Å². The fourth-order valence-electron chi connectivity index (χ4n) is 5.12. The van der Waals surface area contributed by atoms with Crippen molar-refractivity contribution in [1.29, 1.82) is 0 Å². The fourth-order valence-corrected chi connectivity index (χ4v) is 5.12. The highest BCUT2D eigenvalue weighted by atomic mass is 16.7. The average Bonchev–Trinajstić information content (AvgIpc) is 2.54. The zero-order chi connectivity index (χ0) is 27.2. The zero-order valence-electron chi connectivity index (χ0n) is 25.1. The highest BCUT2D eigenvalue weighted by Crippen LogP contribution is 2.39. The topological polar surface area (TPSA) is 64.6 Å². The Kier molecular flexibility index (Phi) is 11.5. The van der Waals surface area contributed by atoms with Gasteiger partial charge in [-0.05, 0) is 75.5 Å². The van der Waals surface area contributed by atoms with Crippen LogP contribution in [0.3, 0.4) is 0 Å². The molecule has 0 spiro atoms. The van der Waals surface area contributed by atoms with Crippen LogP contribution in [0, 0.1) is 21.7 Å². The summed E-state index contributed by atoms with van der Waals surface area (Å²) < 4.78 is 12.3. The smallest absolute Gasteiger partial charge is 0.220 e. The number of ketones is 1. The molecule has 0 bridgehead atoms. The number of ether oxygens (including phenoxy) is 2. The summed E-state index contributed by atoms with van der Waals surface area (Å²) in [6, 6.07) is 0. The summed E-state index contributed by atoms with van der Waals surface area (Å²) in [6.45, 7) is 30.3. The Hall–Kier alpha value is -0.940. The van der Waals surface area contributed by atoms with E-state index >= 15 is 0 Å². The fraction of sp³-hybridized carbons (Fsp3) is 0.931. The molecule has 0 heterocycles. The van der Waals surface area contributed by atoms with Gasteiger partial charge >= 0.3 is 0 Å². The maximum atomic E-state index is 13.0. The summed E-state index contributed by atoms with van der Waals surface area (Å²) in [5.41, 5.74) is -0.699. The molecule has 0 aromatic carbocycles. The van der Waals surface area contributed by atoms with Gasteiger partial charge < -0.3 is 19.6 Å². The average molecular weight is 484 g/mol. The Labute approximate surface area is 211 Å². The summed E-state index contributed by atoms with van der Waals surface area (Å²) in [6.07, 6.45) is 3.61. The predicted octanol–water partition coefficient (Wildman–Crippen LogP) is 7.31. The zero-order valence-corrected chi connectivity index (χ0v) is 25.1. The van der Waals surface area contributed by atoms with Crippen molar-refractivity contribution in [2.75, 3.05) is 13.2 Å². The van der Waals surface area contributed by atoms with E-state index in [2.05, 4.69) is 81.5 Å². The van der Waals surface area contributed by atoms with Crippen molar-refractivity contribution < 1.29 is 19.1 Å². The van der Waals surface area contributed by atoms with Gasteiger partial charge in [-0.3, -0.25) is 4.79 Å². The first kappa shape index (κ1) is 33.1. The molecule has 0 saturated heterocycles. The van der Waals surface area contributed by atoms with E-state index in [0.29, 0.717) is 26.1 Å². The van der Waals surface area contributed by atoms with Crippen molar-refractivity contribution in [2.24, 2.45) is 21.7 Å². The van der Waals surface area contributed by atoms with Gasteiger partial charge in [-0.15, -0.1) is 0 Å². The molecule has 1 amide bonds. The minimum Gasteiger partial charge on any atom is -0.351 e. The number of Topliss-reactive ketones (excluding diaryl/α,β-unsaturated/α-hetero) is 1. The third-order valence-electron chi connectivity index (χ3n) is 6.30. The van der Waals surface area contributed by atoms with Crippen LogP contribution < -0.4 is 5.32 Å². The molecule has 0 saturated carbocycles. The Bertz CT molecular complexity index is 672. The van der Waals surface area contributed by atoms with Gasteiger partial charge in [0.1, 0.15) is 5.78 Å². The largest absolute Gasteiger partial charge is 0.351 e. The molecule has 202 valence electrons. The second-order valence-corrected chi connectivity index (χ2v) is 14.8. The summed E-state index contributed by atoms with van der Waals surface area (Å²) in [5.74, 6) is -0.414. The standard InChI is InChI=1S/C29H57NO4/c1-15-24(3,4)20-33-29(13,14)34-21-27(9,10)19-28(11,12)30-23(32)17-26(7,8)18-25(5,6)16-22(2)31/h15-21H2,1-14H3,(H,30,32). The van der Waals surface area contributed by atoms with Gasteiger partial charge in [0.2, 0.25) is 5.91 Å². The van der Waals surface area contributed by atoms with Gasteiger partial charge in [-0.1, -0.05) is 62.3 Å². The molecule has 0 fully saturated rings. The van der Waals surface area contributed by atoms with Crippen LogP contribution in [0.15, 0.2) is 0 Å². The Morgan fingerprint density at radius 2 is 1.09 bits per heavy atom. The van der Waals surface area contributed by atoms with Gasteiger partial charge in [-0.25, -0.2) is 0 Å². The summed E-state index contributed by atoms with van der Waals surface area (Å²) in [4.78, 5) is 24.6. The van der Waals surface area contributed by atoms with Crippen LogP contribution in [0.4, 0.5) is 0 Å². The van der Waals surface area contributed by atoms with E-state index < -0.39 is 5.79 Å². The van der Waals surface area contributed by atoms with Gasteiger partial charge in [0.05, 0.1) is 13.2 Å². The highest BCUT2D eigenvalue weighted by Gasteiger charge is 2.36. The van der Waals surface area contributed by atoms with Crippen molar-refractivity contribution in [3.63, 3.8) is 0 Å². The molecule has 5 nitrogen and oxygen atoms in total. The van der Waals surface area contributed by atoms with Crippen LogP contribution in [0.2, 0.25) is 0 Å². The second kappa shape index (κ2) is 11.9. The molecule has 0 aromatic heterocycles. The minimum atomic E-state index is -0.659. The lowest BCUT2D eigenvalue weighted by Crippen LogP contribution is -2.48. The van der Waals surface area contributed by atoms with Gasteiger partial charge in [0.25, 0.3) is 0 Å². The number of carbonyl (C=O) groups is 2. The third kappa shape index (κ3) is 15.1. The van der Waals surface area contributed by atoms with Crippen LogP contribution in [0.1, 0.15) is 129 Å². The number of hydrogen-bond donors (Lipinski definition) is 1. The molecule has 0 unspecified atom stereocenters. The number of hydrogen-bond acceptors (Lipinski definition) is 4. The van der Waals surface area contributed by atoms with Crippen molar-refractivity contribution in [3.05, 3.63) is 0 Å². The first-order valence-electron chi connectivity index (χ1n) is 13.0. The van der Waals surface area contributed by atoms with Crippen LogP contribution in [0.5, 0.6) is 0 Å². The Balaban J connectivity index is 4.90. The Morgan fingerprint density at radius 3 is 1.53 bits per heavy atom. The molecule has 0 radical (unpaired) electrons. The molecular weight excluding hydrogens is 426 g/mol. The van der Waals surface area contributed by atoms with Crippen molar-refractivity contribution in [3.8, 4) is 0 Å². The lowest BCUT2D eigenvalue weighted by Gasteiger charge is -2.39. The normalized spacial score (nSPS) is 14.3. The molecule has 0 aliphatic heterocycles. The van der Waals surface area contributed by atoms with E-state index in [-0.39, 0.29) is 38.9 Å². The maximum absolute atomic E-state index is 13.0. The lowest BCUT2D eigenvalue weighted by molar-refractivity contribution is -0.237. The maximum Gasteiger partial charge on any atom is 0.220 e. The quantitative estimate of drug-likeness (QED) is 0.234. The van der Waals surface area contributed by atoms with Crippen LogP contribution in [0.25, 0.3) is 0 Å². The first-order valence-corrected chi connectivity index (χ1v) is 13.0. The summed E-state index contributed by atoms with van der Waals surface area (Å²) in [5, 5.41) is 3.25. The summed E-state index contributed by atoms with van der Waals surface area (Å²) in [7, 11) is 0. The van der Waals surface area contributed by atoms with Crippen LogP contribution >= 0.6 is 0 Å². The summed E-state index contributed by atoms with van der Waals surface area (Å²) >= 11 is 0. The van der Waals surface area contributed by atoms with Crippen molar-refractivity contribution in [1.82, 2.24) is 5.32 Å². The van der Waals surface area contributed by atoms with E-state index in [0.717, 1.165) is 19.3 Å². The van der Waals surface area contributed by atoms with Gasteiger partial charge in [0, 0.05) is 18.4 Å². The van der Waals surface area contributed by atoms with E-state index in [9.17, 15) is 9.59 Å². The van der Waals surface area contributed by atoms with Crippen LogP contribution in [-0.4, -0.2) is 36.2 Å². The predicted molar refractivity (Wildman–Crippen MR) is 143 cm³/mol.